The lowest BCUT2D eigenvalue weighted by atomic mass is 10.0. The third-order valence-electron chi connectivity index (χ3n) is 12.9. The van der Waals surface area contributed by atoms with Crippen LogP contribution in [0.3, 0.4) is 0 Å². The van der Waals surface area contributed by atoms with Crippen molar-refractivity contribution in [1.29, 1.82) is 0 Å². The molecule has 0 radical (unpaired) electrons. The molecule has 0 rings (SSSR count). The number of rotatable bonds is 51. The molecule has 376 valence electrons. The molecule has 0 bridgehead atoms. The minimum Gasteiger partial charge on any atom is -0.462 e. The fraction of sp³-hybridized carbons (Fsp3) is 0.862. The van der Waals surface area contributed by atoms with Gasteiger partial charge in [0.15, 0.2) is 0 Å². The first-order valence-electron chi connectivity index (χ1n) is 28.2. The number of aliphatic hydroxyl groups is 2. The van der Waals surface area contributed by atoms with Crippen LogP contribution in [0.4, 0.5) is 0 Å². The minimum atomic E-state index is -0.787. The van der Waals surface area contributed by atoms with E-state index in [1.54, 1.807) is 0 Å². The Morgan fingerprint density at radius 1 is 0.453 bits per heavy atom. The number of carbonyl (C=O) groups is 2. The highest BCUT2D eigenvalue weighted by atomic mass is 16.5. The smallest absolute Gasteiger partial charge is 0.306 e. The maximum Gasteiger partial charge on any atom is 0.306 e. The molecule has 6 heteroatoms. The Bertz CT molecular complexity index is 1060. The summed E-state index contributed by atoms with van der Waals surface area (Å²) < 4.78 is 5.96. The number of ether oxygens (including phenoxy) is 1. The number of aliphatic hydroxyl groups excluding tert-OH is 2. The van der Waals surface area contributed by atoms with E-state index in [9.17, 15) is 19.8 Å². The Hall–Kier alpha value is -1.92. The van der Waals surface area contributed by atoms with Crippen LogP contribution in [0.25, 0.3) is 0 Å². The monoisotopic (exact) mass is 900 g/mol. The minimum absolute atomic E-state index is 0.0756. The second-order valence-corrected chi connectivity index (χ2v) is 19.3. The number of allylic oxidation sites excluding steroid dienone is 6. The van der Waals surface area contributed by atoms with E-state index in [4.69, 9.17) is 4.74 Å². The van der Waals surface area contributed by atoms with Gasteiger partial charge in [-0.15, -0.1) is 0 Å². The molecule has 0 aliphatic rings. The van der Waals surface area contributed by atoms with E-state index >= 15 is 0 Å². The largest absolute Gasteiger partial charge is 0.462 e. The standard InChI is InChI=1S/C58H109NO5/c1-4-7-10-13-16-19-21-23-25-27-28-30-32-34-36-39-42-45-48-51-58(63)64-54(49-46-43-40-38-35-33-31-29-26-24-22-20-17-14-11-8-5-2)52-57(62)59-55(53-60)56(61)50-47-44-41-37-18-15-12-9-6-3/h16,19,23-26,54-56,60-61H,4-15,17-18,20-22,27-53H2,1-3H3,(H,59,62)/b19-16-,25-23-,26-24+. The lowest BCUT2D eigenvalue weighted by Crippen LogP contribution is -2.46. The van der Waals surface area contributed by atoms with Gasteiger partial charge in [-0.2, -0.15) is 0 Å². The second kappa shape index (κ2) is 52.1. The Labute approximate surface area is 398 Å². The van der Waals surface area contributed by atoms with Crippen molar-refractivity contribution < 1.29 is 24.5 Å². The van der Waals surface area contributed by atoms with E-state index in [1.807, 2.05) is 0 Å². The highest BCUT2D eigenvalue weighted by Gasteiger charge is 2.24. The van der Waals surface area contributed by atoms with Crippen LogP contribution in [0.15, 0.2) is 36.5 Å². The third kappa shape index (κ3) is 46.6. The van der Waals surface area contributed by atoms with Crippen LogP contribution < -0.4 is 5.32 Å². The van der Waals surface area contributed by atoms with E-state index in [-0.39, 0.29) is 24.9 Å². The molecule has 0 heterocycles. The number of hydrogen-bond acceptors (Lipinski definition) is 5. The molecule has 6 nitrogen and oxygen atoms in total. The average molecular weight is 901 g/mol. The number of nitrogens with one attached hydrogen (secondary N) is 1. The summed E-state index contributed by atoms with van der Waals surface area (Å²) in [4.78, 5) is 26.2. The van der Waals surface area contributed by atoms with E-state index in [0.29, 0.717) is 19.3 Å². The highest BCUT2D eigenvalue weighted by Crippen LogP contribution is 2.18. The summed E-state index contributed by atoms with van der Waals surface area (Å²) in [6.07, 6.45) is 62.1. The first-order chi connectivity index (χ1) is 31.5. The van der Waals surface area contributed by atoms with Crippen molar-refractivity contribution in [3.05, 3.63) is 36.5 Å². The molecule has 0 saturated carbocycles. The molecule has 0 aromatic rings. The van der Waals surface area contributed by atoms with Gasteiger partial charge in [0.2, 0.25) is 5.91 Å². The van der Waals surface area contributed by atoms with Crippen molar-refractivity contribution in [2.75, 3.05) is 6.61 Å². The van der Waals surface area contributed by atoms with Crippen LogP contribution >= 0.6 is 0 Å². The molecule has 3 atom stereocenters. The summed E-state index contributed by atoms with van der Waals surface area (Å²) in [5.41, 5.74) is 0. The predicted octanol–water partition coefficient (Wildman–Crippen LogP) is 17.2. The quantitative estimate of drug-likeness (QED) is 0.0321. The maximum atomic E-state index is 13.2. The van der Waals surface area contributed by atoms with E-state index < -0.39 is 18.2 Å². The van der Waals surface area contributed by atoms with Crippen LogP contribution in [0.5, 0.6) is 0 Å². The number of amides is 1. The molecule has 0 aliphatic carbocycles. The zero-order valence-corrected chi connectivity index (χ0v) is 42.9. The van der Waals surface area contributed by atoms with E-state index in [0.717, 1.165) is 64.2 Å². The van der Waals surface area contributed by atoms with Crippen LogP contribution in [0, 0.1) is 0 Å². The molecule has 0 saturated heterocycles. The van der Waals surface area contributed by atoms with Gasteiger partial charge < -0.3 is 20.3 Å². The van der Waals surface area contributed by atoms with Gasteiger partial charge in [0.25, 0.3) is 0 Å². The first-order valence-corrected chi connectivity index (χ1v) is 28.2. The van der Waals surface area contributed by atoms with Crippen molar-refractivity contribution in [1.82, 2.24) is 5.32 Å². The molecule has 0 spiro atoms. The summed E-state index contributed by atoms with van der Waals surface area (Å²) in [6.45, 7) is 6.46. The number of esters is 1. The summed E-state index contributed by atoms with van der Waals surface area (Å²) >= 11 is 0. The topological polar surface area (TPSA) is 95.9 Å². The van der Waals surface area contributed by atoms with Crippen molar-refractivity contribution in [3.63, 3.8) is 0 Å². The van der Waals surface area contributed by atoms with Crippen LogP contribution in [-0.2, 0) is 14.3 Å². The van der Waals surface area contributed by atoms with Gasteiger partial charge in [-0.05, 0) is 83.5 Å². The lowest BCUT2D eigenvalue weighted by molar-refractivity contribution is -0.151. The van der Waals surface area contributed by atoms with Gasteiger partial charge in [0, 0.05) is 6.42 Å². The predicted molar refractivity (Wildman–Crippen MR) is 278 cm³/mol. The van der Waals surface area contributed by atoms with E-state index in [2.05, 4.69) is 62.5 Å². The van der Waals surface area contributed by atoms with Crippen molar-refractivity contribution >= 4 is 11.9 Å². The normalized spacial score (nSPS) is 13.4. The molecule has 0 aromatic heterocycles. The van der Waals surface area contributed by atoms with Gasteiger partial charge in [0.1, 0.15) is 6.10 Å². The molecular formula is C58H109NO5. The molecule has 3 N–H and O–H groups in total. The maximum absolute atomic E-state index is 13.2. The fourth-order valence-corrected chi connectivity index (χ4v) is 8.63. The molecule has 64 heavy (non-hydrogen) atoms. The van der Waals surface area contributed by atoms with Crippen LogP contribution in [0.2, 0.25) is 0 Å². The van der Waals surface area contributed by atoms with Gasteiger partial charge in [-0.25, -0.2) is 0 Å². The number of unbranched alkanes of at least 4 members (excludes halogenated alkanes) is 33. The van der Waals surface area contributed by atoms with Crippen molar-refractivity contribution in [2.24, 2.45) is 0 Å². The van der Waals surface area contributed by atoms with Crippen molar-refractivity contribution in [2.45, 2.75) is 315 Å². The Morgan fingerprint density at radius 2 is 0.797 bits per heavy atom. The Balaban J connectivity index is 4.51. The van der Waals surface area contributed by atoms with Gasteiger partial charge in [-0.1, -0.05) is 237 Å². The number of carbonyl (C=O) groups excluding carboxylic acids is 2. The average Bonchev–Trinajstić information content (AvgIpc) is 3.29. The summed E-state index contributed by atoms with van der Waals surface area (Å²) in [5.74, 6) is -0.471. The first kappa shape index (κ1) is 62.1. The Morgan fingerprint density at radius 3 is 1.23 bits per heavy atom. The van der Waals surface area contributed by atoms with E-state index in [1.165, 1.54) is 186 Å². The molecule has 0 aromatic carbocycles. The van der Waals surface area contributed by atoms with Crippen LogP contribution in [-0.4, -0.2) is 46.9 Å². The highest BCUT2D eigenvalue weighted by molar-refractivity contribution is 5.77. The molecule has 0 fully saturated rings. The summed E-state index contributed by atoms with van der Waals surface area (Å²) in [7, 11) is 0. The summed E-state index contributed by atoms with van der Waals surface area (Å²) in [5, 5.41) is 23.7. The van der Waals surface area contributed by atoms with Gasteiger partial charge in [0.05, 0.1) is 25.2 Å². The number of hydrogen-bond donors (Lipinski definition) is 3. The molecule has 1 amide bonds. The second-order valence-electron chi connectivity index (χ2n) is 19.3. The van der Waals surface area contributed by atoms with Crippen molar-refractivity contribution in [3.8, 4) is 0 Å². The zero-order valence-electron chi connectivity index (χ0n) is 42.9. The van der Waals surface area contributed by atoms with Gasteiger partial charge >= 0.3 is 5.97 Å². The van der Waals surface area contributed by atoms with Crippen LogP contribution in [0.1, 0.15) is 297 Å². The van der Waals surface area contributed by atoms with Gasteiger partial charge in [-0.3, -0.25) is 9.59 Å². The molecular weight excluding hydrogens is 791 g/mol. The molecule has 0 aliphatic heterocycles. The third-order valence-corrected chi connectivity index (χ3v) is 12.9. The summed E-state index contributed by atoms with van der Waals surface area (Å²) in [6, 6.07) is -0.701. The molecule has 3 unspecified atom stereocenters. The SMILES string of the molecule is CCCCC/C=C\C/C=C\CCCCCCCCCCCC(=O)OC(CCCCCCCCC/C=C/CCCCCCCC)CC(=O)NC(CO)C(O)CCCCCCCCCCC. The lowest BCUT2D eigenvalue weighted by Gasteiger charge is -2.24. The Kier molecular flexibility index (Phi) is 50.5. The fourth-order valence-electron chi connectivity index (χ4n) is 8.63. The zero-order chi connectivity index (χ0) is 46.7.